The van der Waals surface area contributed by atoms with Crippen LogP contribution in [0.15, 0.2) is 48.7 Å². The van der Waals surface area contributed by atoms with Gasteiger partial charge in [-0.3, -0.25) is 4.79 Å². The second kappa shape index (κ2) is 6.66. The average Bonchev–Trinajstić information content (AvgIpc) is 2.99. The fourth-order valence-corrected chi connectivity index (χ4v) is 2.51. The minimum absolute atomic E-state index is 0.119. The number of benzene rings is 2. The van der Waals surface area contributed by atoms with Crippen LogP contribution in [-0.4, -0.2) is 24.1 Å². The van der Waals surface area contributed by atoms with E-state index in [-0.39, 0.29) is 12.0 Å². The summed E-state index contributed by atoms with van der Waals surface area (Å²) in [5.74, 6) is 1.36. The van der Waals surface area contributed by atoms with E-state index in [4.69, 9.17) is 9.47 Å². The van der Waals surface area contributed by atoms with Crippen molar-refractivity contribution in [1.82, 2.24) is 4.98 Å². The number of carbonyl (C=O) groups is 1. The van der Waals surface area contributed by atoms with Crippen LogP contribution in [0.25, 0.3) is 10.9 Å². The standard InChI is InChI=1S/C19H20N2O3/c1-12(2)24-14-6-4-13(5-7-14)21-19(22)17-11-20-18-10-15(23-3)8-9-16(17)18/h4-12,20H,1-3H3,(H,21,22). The maximum absolute atomic E-state index is 12.5. The summed E-state index contributed by atoms with van der Waals surface area (Å²) in [5.41, 5.74) is 2.18. The summed E-state index contributed by atoms with van der Waals surface area (Å²) in [5, 5.41) is 3.75. The van der Waals surface area contributed by atoms with Gasteiger partial charge in [-0.25, -0.2) is 0 Å². The molecule has 0 saturated carbocycles. The van der Waals surface area contributed by atoms with E-state index in [9.17, 15) is 4.79 Å². The van der Waals surface area contributed by atoms with Gasteiger partial charge in [-0.15, -0.1) is 0 Å². The van der Waals surface area contributed by atoms with E-state index < -0.39 is 0 Å². The molecule has 0 aliphatic rings. The van der Waals surface area contributed by atoms with Crippen molar-refractivity contribution >= 4 is 22.5 Å². The number of hydrogen-bond acceptors (Lipinski definition) is 3. The summed E-state index contributed by atoms with van der Waals surface area (Å²) < 4.78 is 10.8. The van der Waals surface area contributed by atoms with Gasteiger partial charge in [-0.2, -0.15) is 0 Å². The number of nitrogens with one attached hydrogen (secondary N) is 2. The van der Waals surface area contributed by atoms with Crippen LogP contribution in [0.3, 0.4) is 0 Å². The van der Waals surface area contributed by atoms with Crippen LogP contribution in [0.5, 0.6) is 11.5 Å². The van der Waals surface area contributed by atoms with Crippen molar-refractivity contribution < 1.29 is 14.3 Å². The van der Waals surface area contributed by atoms with E-state index in [0.717, 1.165) is 28.1 Å². The van der Waals surface area contributed by atoms with Gasteiger partial charge in [0.15, 0.2) is 0 Å². The maximum Gasteiger partial charge on any atom is 0.257 e. The highest BCUT2D eigenvalue weighted by molar-refractivity contribution is 6.12. The summed E-state index contributed by atoms with van der Waals surface area (Å²) in [4.78, 5) is 15.6. The van der Waals surface area contributed by atoms with E-state index in [1.165, 1.54) is 0 Å². The summed E-state index contributed by atoms with van der Waals surface area (Å²) >= 11 is 0. The Morgan fingerprint density at radius 2 is 1.79 bits per heavy atom. The second-order valence-electron chi connectivity index (χ2n) is 5.76. The molecule has 24 heavy (non-hydrogen) atoms. The molecule has 0 atom stereocenters. The number of H-pyrrole nitrogens is 1. The number of methoxy groups -OCH3 is 1. The molecule has 0 saturated heterocycles. The predicted molar refractivity (Wildman–Crippen MR) is 95.0 cm³/mol. The molecule has 1 aromatic heterocycles. The van der Waals surface area contributed by atoms with Gasteiger partial charge in [0, 0.05) is 28.9 Å². The van der Waals surface area contributed by atoms with E-state index in [1.807, 2.05) is 56.3 Å². The van der Waals surface area contributed by atoms with Crippen molar-refractivity contribution in [3.05, 3.63) is 54.2 Å². The number of ether oxygens (including phenoxy) is 2. The minimum Gasteiger partial charge on any atom is -0.497 e. The number of aromatic nitrogens is 1. The second-order valence-corrected chi connectivity index (χ2v) is 5.76. The Kier molecular flexibility index (Phi) is 4.42. The Balaban J connectivity index is 1.77. The van der Waals surface area contributed by atoms with Gasteiger partial charge in [-0.05, 0) is 50.2 Å². The number of rotatable bonds is 5. The zero-order chi connectivity index (χ0) is 17.1. The van der Waals surface area contributed by atoms with Crippen molar-refractivity contribution in [3.8, 4) is 11.5 Å². The average molecular weight is 324 g/mol. The third-order valence-electron chi connectivity index (χ3n) is 3.62. The first-order valence-corrected chi connectivity index (χ1v) is 7.80. The number of fused-ring (bicyclic) bond motifs is 1. The van der Waals surface area contributed by atoms with Gasteiger partial charge >= 0.3 is 0 Å². The zero-order valence-corrected chi connectivity index (χ0v) is 13.9. The number of hydrogen-bond donors (Lipinski definition) is 2. The molecular formula is C19H20N2O3. The normalized spacial score (nSPS) is 10.8. The molecule has 0 spiro atoms. The van der Waals surface area contributed by atoms with Gasteiger partial charge in [0.25, 0.3) is 5.91 Å². The van der Waals surface area contributed by atoms with Gasteiger partial charge < -0.3 is 19.8 Å². The number of anilines is 1. The molecule has 0 fully saturated rings. The first kappa shape index (κ1) is 15.9. The zero-order valence-electron chi connectivity index (χ0n) is 13.9. The molecule has 5 nitrogen and oxygen atoms in total. The van der Waals surface area contributed by atoms with E-state index in [0.29, 0.717) is 5.56 Å². The molecule has 0 bridgehead atoms. The topological polar surface area (TPSA) is 63.4 Å². The van der Waals surface area contributed by atoms with Crippen LogP contribution in [0.1, 0.15) is 24.2 Å². The van der Waals surface area contributed by atoms with Crippen LogP contribution in [0.4, 0.5) is 5.69 Å². The molecule has 0 aliphatic carbocycles. The quantitative estimate of drug-likeness (QED) is 0.739. The third-order valence-corrected chi connectivity index (χ3v) is 3.62. The van der Waals surface area contributed by atoms with E-state index in [2.05, 4.69) is 10.3 Å². The number of carbonyl (C=O) groups excluding carboxylic acids is 1. The molecule has 3 aromatic rings. The van der Waals surface area contributed by atoms with Crippen LogP contribution in [0, 0.1) is 0 Å². The van der Waals surface area contributed by atoms with Gasteiger partial charge in [-0.1, -0.05) is 0 Å². The molecule has 0 unspecified atom stereocenters. The van der Waals surface area contributed by atoms with Crippen molar-refractivity contribution in [2.75, 3.05) is 12.4 Å². The molecule has 0 radical (unpaired) electrons. The summed E-state index contributed by atoms with van der Waals surface area (Å²) in [7, 11) is 1.62. The Morgan fingerprint density at radius 3 is 2.46 bits per heavy atom. The molecule has 124 valence electrons. The highest BCUT2D eigenvalue weighted by Gasteiger charge is 2.13. The Labute approximate surface area is 140 Å². The van der Waals surface area contributed by atoms with Crippen molar-refractivity contribution in [3.63, 3.8) is 0 Å². The summed E-state index contributed by atoms with van der Waals surface area (Å²) in [6, 6.07) is 12.9. The van der Waals surface area contributed by atoms with Crippen molar-refractivity contribution in [2.45, 2.75) is 20.0 Å². The smallest absolute Gasteiger partial charge is 0.257 e. The van der Waals surface area contributed by atoms with E-state index >= 15 is 0 Å². The highest BCUT2D eigenvalue weighted by atomic mass is 16.5. The Hall–Kier alpha value is -2.95. The number of amides is 1. The van der Waals surface area contributed by atoms with Crippen molar-refractivity contribution in [1.29, 1.82) is 0 Å². The molecule has 2 N–H and O–H groups in total. The SMILES string of the molecule is COc1ccc2c(C(=O)Nc3ccc(OC(C)C)cc3)c[nH]c2c1. The molecule has 3 rings (SSSR count). The van der Waals surface area contributed by atoms with Gasteiger partial charge in [0.1, 0.15) is 11.5 Å². The first-order chi connectivity index (χ1) is 11.6. The van der Waals surface area contributed by atoms with E-state index in [1.54, 1.807) is 13.3 Å². The maximum atomic E-state index is 12.5. The Bertz CT molecular complexity index is 851. The lowest BCUT2D eigenvalue weighted by atomic mass is 10.1. The minimum atomic E-state index is -0.163. The molecule has 1 amide bonds. The molecule has 2 aromatic carbocycles. The lowest BCUT2D eigenvalue weighted by molar-refractivity contribution is 0.102. The van der Waals surface area contributed by atoms with Crippen molar-refractivity contribution in [2.24, 2.45) is 0 Å². The van der Waals surface area contributed by atoms with Crippen LogP contribution in [0.2, 0.25) is 0 Å². The largest absolute Gasteiger partial charge is 0.497 e. The fourth-order valence-electron chi connectivity index (χ4n) is 2.51. The predicted octanol–water partition coefficient (Wildman–Crippen LogP) is 4.22. The van der Waals surface area contributed by atoms with Crippen LogP contribution >= 0.6 is 0 Å². The fraction of sp³-hybridized carbons (Fsp3) is 0.211. The number of aromatic amines is 1. The first-order valence-electron chi connectivity index (χ1n) is 7.80. The highest BCUT2D eigenvalue weighted by Crippen LogP contribution is 2.24. The molecule has 0 aliphatic heterocycles. The third kappa shape index (κ3) is 3.35. The van der Waals surface area contributed by atoms with Crippen LogP contribution in [-0.2, 0) is 0 Å². The monoisotopic (exact) mass is 324 g/mol. The molecule has 1 heterocycles. The van der Waals surface area contributed by atoms with Gasteiger partial charge in [0.2, 0.25) is 0 Å². The summed E-state index contributed by atoms with van der Waals surface area (Å²) in [6.07, 6.45) is 1.82. The lowest BCUT2D eigenvalue weighted by Crippen LogP contribution is -2.11. The Morgan fingerprint density at radius 1 is 1.08 bits per heavy atom. The molecule has 5 heteroatoms. The summed E-state index contributed by atoms with van der Waals surface area (Å²) in [6.45, 7) is 3.95. The lowest BCUT2D eigenvalue weighted by Gasteiger charge is -2.10. The van der Waals surface area contributed by atoms with Gasteiger partial charge in [0.05, 0.1) is 18.8 Å². The van der Waals surface area contributed by atoms with Crippen LogP contribution < -0.4 is 14.8 Å². The molecular weight excluding hydrogens is 304 g/mol.